The summed E-state index contributed by atoms with van der Waals surface area (Å²) in [4.78, 5) is 45.7. The average molecular weight is 531 g/mol. The van der Waals surface area contributed by atoms with Crippen molar-refractivity contribution in [2.75, 3.05) is 17.1 Å². The molecule has 0 spiro atoms. The second kappa shape index (κ2) is 9.20. The lowest BCUT2D eigenvalue weighted by molar-refractivity contribution is -0.137. The van der Waals surface area contributed by atoms with Crippen molar-refractivity contribution in [2.24, 2.45) is 5.92 Å². The number of imide groups is 1. The van der Waals surface area contributed by atoms with E-state index in [1.165, 1.54) is 48.6 Å². The number of ether oxygens (including phenoxy) is 1. The highest BCUT2D eigenvalue weighted by Gasteiger charge is 2.60. The number of halogens is 4. The third kappa shape index (κ3) is 4.32. The van der Waals surface area contributed by atoms with Crippen LogP contribution in [-0.2, 0) is 25.3 Å². The molecule has 3 aromatic carbocycles. The fourth-order valence-corrected chi connectivity index (χ4v) is 4.68. The Labute approximate surface area is 213 Å². The van der Waals surface area contributed by atoms with Crippen LogP contribution in [0.25, 0.3) is 0 Å². The number of amides is 2. The molecular weight excluding hydrogens is 513 g/mol. The number of anilines is 2. The first-order valence-corrected chi connectivity index (χ1v) is 11.4. The van der Waals surface area contributed by atoms with Gasteiger partial charge in [-0.15, -0.1) is 0 Å². The van der Waals surface area contributed by atoms with Gasteiger partial charge in [0.25, 0.3) is 5.91 Å². The summed E-state index contributed by atoms with van der Waals surface area (Å²) in [5.41, 5.74) is 0.451. The molecule has 190 valence electrons. The molecule has 0 saturated carbocycles. The third-order valence-electron chi connectivity index (χ3n) is 6.32. The van der Waals surface area contributed by atoms with E-state index in [1.54, 1.807) is 24.3 Å². The van der Waals surface area contributed by atoms with Gasteiger partial charge in [-0.2, -0.15) is 13.2 Å². The van der Waals surface area contributed by atoms with Gasteiger partial charge in [0.2, 0.25) is 5.91 Å². The highest BCUT2D eigenvalue weighted by Crippen LogP contribution is 2.48. The normalized spacial score (nSPS) is 21.4. The van der Waals surface area contributed by atoms with E-state index in [9.17, 15) is 27.6 Å². The van der Waals surface area contributed by atoms with Crippen LogP contribution >= 0.6 is 11.6 Å². The van der Waals surface area contributed by atoms with Gasteiger partial charge in [0.15, 0.2) is 6.10 Å². The second-order valence-corrected chi connectivity index (χ2v) is 8.91. The van der Waals surface area contributed by atoms with Gasteiger partial charge in [0.1, 0.15) is 5.92 Å². The first-order chi connectivity index (χ1) is 17.6. The van der Waals surface area contributed by atoms with Gasteiger partial charge < -0.3 is 4.74 Å². The van der Waals surface area contributed by atoms with E-state index in [0.29, 0.717) is 16.3 Å². The molecule has 7 nitrogen and oxygen atoms in total. The van der Waals surface area contributed by atoms with E-state index in [-0.39, 0.29) is 11.3 Å². The summed E-state index contributed by atoms with van der Waals surface area (Å²) in [6.45, 7) is 0. The standard InChI is InChI=1S/C26H18ClF3N2O5/c1-36-25(35)15-4-10-18(11-5-15)31-23(33)20-21(14-2-6-16(7-3-14)26(28,29)30)32(37-22(20)24(31)34)19-12-8-17(27)9-13-19/h2-13,20-22H,1H3/t20-,21+,22-/m0/s1. The fraction of sp³-hybridized carbons (Fsp3) is 0.192. The van der Waals surface area contributed by atoms with Crippen LogP contribution in [0.4, 0.5) is 24.5 Å². The van der Waals surface area contributed by atoms with Crippen LogP contribution in [0.15, 0.2) is 72.8 Å². The van der Waals surface area contributed by atoms with Crippen LogP contribution in [0.2, 0.25) is 5.02 Å². The van der Waals surface area contributed by atoms with Crippen LogP contribution in [0.3, 0.4) is 0 Å². The monoisotopic (exact) mass is 530 g/mol. The van der Waals surface area contributed by atoms with E-state index in [0.717, 1.165) is 17.0 Å². The molecule has 2 amide bonds. The number of methoxy groups -OCH3 is 1. The Morgan fingerprint density at radius 1 is 0.892 bits per heavy atom. The zero-order valence-corrected chi connectivity index (χ0v) is 19.9. The molecule has 11 heteroatoms. The number of carbonyl (C=O) groups is 3. The number of nitrogens with zero attached hydrogens (tertiary/aromatic N) is 2. The van der Waals surface area contributed by atoms with Crippen LogP contribution in [0.1, 0.15) is 27.5 Å². The number of hydroxylamine groups is 1. The molecule has 0 aliphatic carbocycles. The van der Waals surface area contributed by atoms with Crippen molar-refractivity contribution in [3.8, 4) is 0 Å². The molecule has 0 aromatic heterocycles. The molecule has 5 rings (SSSR count). The topological polar surface area (TPSA) is 76.2 Å². The average Bonchev–Trinajstić information content (AvgIpc) is 3.39. The van der Waals surface area contributed by atoms with Crippen LogP contribution in [0.5, 0.6) is 0 Å². The molecule has 2 aliphatic rings. The lowest BCUT2D eigenvalue weighted by Crippen LogP contribution is -2.37. The van der Waals surface area contributed by atoms with E-state index in [1.807, 2.05) is 0 Å². The maximum atomic E-state index is 13.6. The summed E-state index contributed by atoms with van der Waals surface area (Å²) in [7, 11) is 1.23. The Kier molecular flexibility index (Phi) is 6.17. The number of rotatable bonds is 4. The van der Waals surface area contributed by atoms with Gasteiger partial charge in [-0.3, -0.25) is 14.4 Å². The Hall–Kier alpha value is -3.89. The van der Waals surface area contributed by atoms with Crippen LogP contribution in [0, 0.1) is 5.92 Å². The minimum atomic E-state index is -4.53. The lowest BCUT2D eigenvalue weighted by Gasteiger charge is -2.29. The zero-order chi connectivity index (χ0) is 26.5. The van der Waals surface area contributed by atoms with Crippen molar-refractivity contribution in [1.29, 1.82) is 0 Å². The van der Waals surface area contributed by atoms with Crippen LogP contribution < -0.4 is 9.96 Å². The first-order valence-electron chi connectivity index (χ1n) is 11.0. The third-order valence-corrected chi connectivity index (χ3v) is 6.57. The SMILES string of the molecule is COC(=O)c1ccc(N2C(=O)[C@@H]3[C@H](ON(c4ccc(Cl)cc4)[C@@H]3c3ccc(C(F)(F)F)cc3)C2=O)cc1. The summed E-state index contributed by atoms with van der Waals surface area (Å²) in [6, 6.07) is 15.6. The number of fused-ring (bicyclic) bond motifs is 1. The maximum absolute atomic E-state index is 13.6. The van der Waals surface area contributed by atoms with E-state index in [4.69, 9.17) is 16.4 Å². The summed E-state index contributed by atoms with van der Waals surface area (Å²) in [5, 5.41) is 1.81. The molecule has 37 heavy (non-hydrogen) atoms. The molecule has 0 radical (unpaired) electrons. The van der Waals surface area contributed by atoms with E-state index < -0.39 is 47.6 Å². The zero-order valence-electron chi connectivity index (χ0n) is 19.1. The predicted octanol–water partition coefficient (Wildman–Crippen LogP) is 5.20. The smallest absolute Gasteiger partial charge is 0.416 e. The summed E-state index contributed by atoms with van der Waals surface area (Å²) in [5.74, 6) is -2.83. The van der Waals surface area contributed by atoms with Crippen molar-refractivity contribution in [3.63, 3.8) is 0 Å². The highest BCUT2D eigenvalue weighted by atomic mass is 35.5. The quantitative estimate of drug-likeness (QED) is 0.341. The molecule has 0 unspecified atom stereocenters. The molecular formula is C26H18ClF3N2O5. The largest absolute Gasteiger partial charge is 0.465 e. The maximum Gasteiger partial charge on any atom is 0.416 e. The molecule has 2 fully saturated rings. The Morgan fingerprint density at radius 2 is 1.49 bits per heavy atom. The van der Waals surface area contributed by atoms with Gasteiger partial charge >= 0.3 is 12.1 Å². The number of esters is 1. The van der Waals surface area contributed by atoms with Crippen molar-refractivity contribution >= 4 is 40.8 Å². The minimum absolute atomic E-state index is 0.227. The number of benzene rings is 3. The van der Waals surface area contributed by atoms with Gasteiger partial charge in [-0.1, -0.05) is 23.7 Å². The Balaban J connectivity index is 1.53. The van der Waals surface area contributed by atoms with Crippen molar-refractivity contribution in [2.45, 2.75) is 18.3 Å². The highest BCUT2D eigenvalue weighted by molar-refractivity contribution is 6.30. The lowest BCUT2D eigenvalue weighted by atomic mass is 9.90. The first kappa shape index (κ1) is 24.8. The van der Waals surface area contributed by atoms with Crippen LogP contribution in [-0.4, -0.2) is 31.0 Å². The summed E-state index contributed by atoms with van der Waals surface area (Å²) < 4.78 is 44.2. The summed E-state index contributed by atoms with van der Waals surface area (Å²) in [6.07, 6.45) is -5.74. The second-order valence-electron chi connectivity index (χ2n) is 8.47. The van der Waals surface area contributed by atoms with Gasteiger partial charge in [0, 0.05) is 5.02 Å². The number of hydrogen-bond donors (Lipinski definition) is 0. The molecule has 3 atom stereocenters. The van der Waals surface area contributed by atoms with E-state index in [2.05, 4.69) is 4.74 Å². The predicted molar refractivity (Wildman–Crippen MR) is 127 cm³/mol. The van der Waals surface area contributed by atoms with E-state index >= 15 is 0 Å². The molecule has 2 saturated heterocycles. The fourth-order valence-electron chi connectivity index (χ4n) is 4.55. The number of alkyl halides is 3. The molecule has 2 aliphatic heterocycles. The number of carbonyl (C=O) groups excluding carboxylic acids is 3. The molecule has 3 aromatic rings. The summed E-state index contributed by atoms with van der Waals surface area (Å²) >= 11 is 5.99. The molecule has 0 N–H and O–H groups in total. The van der Waals surface area contributed by atoms with Crippen molar-refractivity contribution in [3.05, 3.63) is 94.5 Å². The van der Waals surface area contributed by atoms with Crippen molar-refractivity contribution < 1.29 is 37.1 Å². The number of hydrogen-bond acceptors (Lipinski definition) is 6. The Bertz CT molecular complexity index is 1360. The molecule has 0 bridgehead atoms. The van der Waals surface area contributed by atoms with Gasteiger partial charge in [-0.25, -0.2) is 14.8 Å². The van der Waals surface area contributed by atoms with Gasteiger partial charge in [0.05, 0.1) is 35.7 Å². The van der Waals surface area contributed by atoms with Gasteiger partial charge in [-0.05, 0) is 66.2 Å². The molecule has 2 heterocycles. The Morgan fingerprint density at radius 3 is 2.05 bits per heavy atom. The van der Waals surface area contributed by atoms with Crippen molar-refractivity contribution in [1.82, 2.24) is 0 Å². The minimum Gasteiger partial charge on any atom is -0.465 e.